The van der Waals surface area contributed by atoms with Crippen LogP contribution in [-0.2, 0) is 11.3 Å². The number of hydrogen-bond acceptors (Lipinski definition) is 3. The van der Waals surface area contributed by atoms with Gasteiger partial charge in [-0.25, -0.2) is 4.98 Å². The van der Waals surface area contributed by atoms with Gasteiger partial charge < -0.3 is 9.64 Å². The van der Waals surface area contributed by atoms with Gasteiger partial charge in [-0.15, -0.1) is 0 Å². The fourth-order valence-corrected chi connectivity index (χ4v) is 2.41. The van der Waals surface area contributed by atoms with Crippen LogP contribution in [0.4, 0.5) is 8.78 Å². The molecule has 1 amide bonds. The van der Waals surface area contributed by atoms with Crippen LogP contribution in [0.3, 0.4) is 0 Å². The number of rotatable bonds is 4. The molecule has 0 aliphatic carbocycles. The average molecular weight is 319 g/mol. The van der Waals surface area contributed by atoms with Crippen molar-refractivity contribution < 1.29 is 18.3 Å². The third-order valence-electron chi connectivity index (χ3n) is 3.59. The second kappa shape index (κ2) is 6.20. The van der Waals surface area contributed by atoms with Crippen molar-refractivity contribution in [1.82, 2.24) is 14.5 Å². The van der Waals surface area contributed by atoms with E-state index in [0.717, 1.165) is 15.9 Å². The van der Waals surface area contributed by atoms with Crippen LogP contribution in [0.5, 0.6) is 5.75 Å². The molecule has 5 nitrogen and oxygen atoms in total. The second-order valence-corrected chi connectivity index (χ2v) is 5.19. The van der Waals surface area contributed by atoms with Crippen LogP contribution in [0.25, 0.3) is 6.08 Å². The first-order valence-corrected chi connectivity index (χ1v) is 7.04. The highest BCUT2D eigenvalue weighted by molar-refractivity contribution is 5.98. The lowest BCUT2D eigenvalue weighted by molar-refractivity contribution is -0.126. The summed E-state index contributed by atoms with van der Waals surface area (Å²) in [5.74, 6) is 0.580. The first-order chi connectivity index (χ1) is 11.1. The monoisotopic (exact) mass is 319 g/mol. The summed E-state index contributed by atoms with van der Waals surface area (Å²) in [5, 5.41) is 0. The molecule has 0 bridgehead atoms. The summed E-state index contributed by atoms with van der Waals surface area (Å²) in [4.78, 5) is 17.7. The number of carbonyl (C=O) groups excluding carboxylic acids is 1. The lowest BCUT2D eigenvalue weighted by Crippen LogP contribution is -2.31. The van der Waals surface area contributed by atoms with E-state index in [9.17, 15) is 13.6 Å². The number of para-hydroxylation sites is 1. The zero-order valence-electron chi connectivity index (χ0n) is 12.4. The minimum atomic E-state index is -2.68. The SMILES string of the molecule is CN(Cc1nccn1C(F)F)C(=O)C1=Cc2ccccc2OC1. The van der Waals surface area contributed by atoms with Crippen molar-refractivity contribution in [2.75, 3.05) is 13.7 Å². The molecule has 1 aromatic carbocycles. The predicted molar refractivity (Wildman–Crippen MR) is 79.9 cm³/mol. The van der Waals surface area contributed by atoms with Crippen LogP contribution >= 0.6 is 0 Å². The summed E-state index contributed by atoms with van der Waals surface area (Å²) in [6.45, 7) is -2.53. The summed E-state index contributed by atoms with van der Waals surface area (Å²) in [7, 11) is 1.55. The van der Waals surface area contributed by atoms with Gasteiger partial charge >= 0.3 is 6.55 Å². The molecule has 1 aliphatic rings. The summed E-state index contributed by atoms with van der Waals surface area (Å²) in [6, 6.07) is 7.40. The number of imidazole rings is 1. The van der Waals surface area contributed by atoms with E-state index in [0.29, 0.717) is 5.57 Å². The first-order valence-electron chi connectivity index (χ1n) is 7.04. The second-order valence-electron chi connectivity index (χ2n) is 5.19. The number of amides is 1. The number of alkyl halides is 2. The van der Waals surface area contributed by atoms with E-state index < -0.39 is 6.55 Å². The number of ether oxygens (including phenoxy) is 1. The molecule has 2 aromatic rings. The Morgan fingerprint density at radius 2 is 2.22 bits per heavy atom. The van der Waals surface area contributed by atoms with Crippen LogP contribution < -0.4 is 4.74 Å². The van der Waals surface area contributed by atoms with Crippen molar-refractivity contribution in [3.63, 3.8) is 0 Å². The summed E-state index contributed by atoms with van der Waals surface area (Å²) >= 11 is 0. The number of nitrogens with zero attached hydrogens (tertiary/aromatic N) is 3. The van der Waals surface area contributed by atoms with Gasteiger partial charge in [-0.2, -0.15) is 8.78 Å². The Kier molecular flexibility index (Phi) is 4.10. The highest BCUT2D eigenvalue weighted by Gasteiger charge is 2.22. The zero-order chi connectivity index (χ0) is 16.4. The molecule has 0 N–H and O–H groups in total. The van der Waals surface area contributed by atoms with Gasteiger partial charge in [0.1, 0.15) is 18.2 Å². The van der Waals surface area contributed by atoms with E-state index in [1.807, 2.05) is 24.3 Å². The zero-order valence-corrected chi connectivity index (χ0v) is 12.4. The lowest BCUT2D eigenvalue weighted by atomic mass is 10.1. The Balaban J connectivity index is 1.76. The molecule has 3 rings (SSSR count). The van der Waals surface area contributed by atoms with Crippen molar-refractivity contribution in [3.8, 4) is 5.75 Å². The predicted octanol–water partition coefficient (Wildman–Crippen LogP) is 2.71. The van der Waals surface area contributed by atoms with Crippen LogP contribution in [0, 0.1) is 0 Å². The lowest BCUT2D eigenvalue weighted by Gasteiger charge is -2.22. The number of benzene rings is 1. The molecule has 0 spiro atoms. The fourth-order valence-electron chi connectivity index (χ4n) is 2.41. The van der Waals surface area contributed by atoms with E-state index in [1.165, 1.54) is 17.3 Å². The smallest absolute Gasteiger partial charge is 0.319 e. The van der Waals surface area contributed by atoms with E-state index in [-0.39, 0.29) is 24.9 Å². The van der Waals surface area contributed by atoms with Gasteiger partial charge in [0.05, 0.1) is 12.1 Å². The molecule has 0 saturated heterocycles. The molecule has 0 fully saturated rings. The van der Waals surface area contributed by atoms with Crippen LogP contribution in [0.1, 0.15) is 17.9 Å². The molecule has 7 heteroatoms. The van der Waals surface area contributed by atoms with E-state index in [2.05, 4.69) is 4.98 Å². The number of halogens is 2. The van der Waals surface area contributed by atoms with Crippen molar-refractivity contribution in [1.29, 1.82) is 0 Å². The van der Waals surface area contributed by atoms with Crippen molar-refractivity contribution in [2.45, 2.75) is 13.1 Å². The third-order valence-corrected chi connectivity index (χ3v) is 3.59. The standard InChI is InChI=1S/C16H15F2N3O2/c1-20(9-14-19-6-7-21(14)16(17)18)15(22)12-8-11-4-2-3-5-13(11)23-10-12/h2-8,16H,9-10H2,1H3. The Morgan fingerprint density at radius 1 is 1.43 bits per heavy atom. The van der Waals surface area contributed by atoms with Crippen LogP contribution in [-0.4, -0.2) is 34.0 Å². The summed E-state index contributed by atoms with van der Waals surface area (Å²) < 4.78 is 31.9. The van der Waals surface area contributed by atoms with Gasteiger partial charge in [0, 0.05) is 25.0 Å². The Hall–Kier alpha value is -2.70. The Morgan fingerprint density at radius 3 is 3.00 bits per heavy atom. The molecule has 1 aromatic heterocycles. The van der Waals surface area contributed by atoms with E-state index in [1.54, 1.807) is 13.1 Å². The minimum absolute atomic E-state index is 0.00480. The number of hydrogen-bond donors (Lipinski definition) is 0. The highest BCUT2D eigenvalue weighted by atomic mass is 19.3. The molecule has 120 valence electrons. The van der Waals surface area contributed by atoms with Crippen molar-refractivity contribution in [2.24, 2.45) is 0 Å². The van der Waals surface area contributed by atoms with Crippen molar-refractivity contribution in [3.05, 3.63) is 53.6 Å². The van der Waals surface area contributed by atoms with Gasteiger partial charge in [-0.05, 0) is 12.1 Å². The fraction of sp³-hybridized carbons (Fsp3) is 0.250. The number of fused-ring (bicyclic) bond motifs is 1. The molecule has 0 saturated carbocycles. The molecule has 2 heterocycles. The maximum Gasteiger partial charge on any atom is 0.319 e. The quantitative estimate of drug-likeness (QED) is 0.870. The number of aromatic nitrogens is 2. The highest BCUT2D eigenvalue weighted by Crippen LogP contribution is 2.26. The molecule has 0 unspecified atom stereocenters. The summed E-state index contributed by atoms with van der Waals surface area (Å²) in [6.07, 6.45) is 4.24. The van der Waals surface area contributed by atoms with Gasteiger partial charge in [-0.1, -0.05) is 18.2 Å². The first kappa shape index (κ1) is 15.2. The average Bonchev–Trinajstić information content (AvgIpc) is 3.02. The minimum Gasteiger partial charge on any atom is -0.488 e. The van der Waals surface area contributed by atoms with E-state index >= 15 is 0 Å². The molecular weight excluding hydrogens is 304 g/mol. The maximum absolute atomic E-state index is 12.8. The van der Waals surface area contributed by atoms with Crippen LogP contribution in [0.2, 0.25) is 0 Å². The summed E-state index contributed by atoms with van der Waals surface area (Å²) in [5.41, 5.74) is 1.30. The topological polar surface area (TPSA) is 47.4 Å². The van der Waals surface area contributed by atoms with Gasteiger partial charge in [0.15, 0.2) is 0 Å². The van der Waals surface area contributed by atoms with Gasteiger partial charge in [0.25, 0.3) is 5.91 Å². The maximum atomic E-state index is 12.8. The normalized spacial score (nSPS) is 13.3. The number of likely N-dealkylation sites (N-methyl/N-ethyl adjacent to an activating group) is 1. The molecule has 0 atom stereocenters. The largest absolute Gasteiger partial charge is 0.488 e. The molecule has 23 heavy (non-hydrogen) atoms. The van der Waals surface area contributed by atoms with Gasteiger partial charge in [0.2, 0.25) is 0 Å². The Labute approximate surface area is 131 Å². The Bertz CT molecular complexity index is 755. The molecule has 1 aliphatic heterocycles. The van der Waals surface area contributed by atoms with Crippen LogP contribution in [0.15, 0.2) is 42.2 Å². The molecule has 0 radical (unpaired) electrons. The van der Waals surface area contributed by atoms with Crippen molar-refractivity contribution >= 4 is 12.0 Å². The van der Waals surface area contributed by atoms with E-state index in [4.69, 9.17) is 4.74 Å². The third kappa shape index (κ3) is 3.08. The van der Waals surface area contributed by atoms with Gasteiger partial charge in [-0.3, -0.25) is 9.36 Å². The molecular formula is C16H15F2N3O2. The number of carbonyl (C=O) groups is 1.